The summed E-state index contributed by atoms with van der Waals surface area (Å²) < 4.78 is 6.59. The molecule has 4 radical (unpaired) electrons. The summed E-state index contributed by atoms with van der Waals surface area (Å²) >= 11 is 9.53. The average Bonchev–Trinajstić information content (AvgIpc) is 0.932. The summed E-state index contributed by atoms with van der Waals surface area (Å²) in [5.74, 6) is 2.26. The Morgan fingerprint density at radius 3 is 1.07 bits per heavy atom. The zero-order chi connectivity index (χ0) is 56.1. The van der Waals surface area contributed by atoms with Gasteiger partial charge in [0, 0.05) is 63.7 Å². The number of aromatic hydroxyl groups is 1. The van der Waals surface area contributed by atoms with Gasteiger partial charge in [-0.3, -0.25) is 4.79 Å². The molecule has 12 aromatic carbocycles. The third kappa shape index (κ3) is 18.8. The van der Waals surface area contributed by atoms with E-state index in [0.29, 0.717) is 11.3 Å². The third-order valence-corrected chi connectivity index (χ3v) is 13.3. The minimum Gasteiger partial charge on any atom is -0.457 e. The summed E-state index contributed by atoms with van der Waals surface area (Å²) in [6.07, 6.45) is 0.863. The molecule has 1 N–H and O–H groups in total. The standard InChI is InChI=1S/C39H26O.C19H14O.C10H8O.CH2Cl2.2CH4.B.5ClH.Nb.Y/c1-2-8-26(9-3-1)27-14-16-28(17-15-27)29-18-20-32(21-19-29)37-38-33-12-6-4-10-30(33)22-24-35(38)40-36-25-23-31-11-5-7-13-34(31)39(36)37;20-14-15-6-8-17(9-7-15)19-12-10-18(11-13-19)16-4-2-1-3-5-16;11-10-6-5-8-3-1-2-4-9(8)7-10;2-1-3;;;;;;;;;;/h1-25,37H;1-14H;1-7,11H;1H2;2*1H4;;5*1H;;/q;;;;;;;;;;;;+5;/p-5. The second kappa shape index (κ2) is 32.4. The van der Waals surface area contributed by atoms with Crippen LogP contribution < -0.4 is 4.74 Å². The smallest absolute Gasteiger partial charge is 0.132 e. The predicted octanol–water partition coefficient (Wildman–Crippen LogP) is 23.7. The monoisotopic (exact) mass is 1400 g/mol. The molecule has 0 unspecified atom stereocenters. The zero-order valence-electron chi connectivity index (χ0n) is 43.9. The summed E-state index contributed by atoms with van der Waals surface area (Å²) in [5, 5.41) is 16.5. The van der Waals surface area contributed by atoms with Gasteiger partial charge < -0.3 is 9.84 Å². The topological polar surface area (TPSA) is 46.5 Å². The van der Waals surface area contributed by atoms with Crippen molar-refractivity contribution in [2.75, 3.05) is 5.34 Å². The van der Waals surface area contributed by atoms with Crippen LogP contribution in [0.25, 0.3) is 76.8 Å². The number of hydrogen-bond donors (Lipinski definition) is 1. The van der Waals surface area contributed by atoms with Crippen molar-refractivity contribution in [3.05, 3.63) is 295 Å². The van der Waals surface area contributed by atoms with E-state index in [1.165, 1.54) is 71.6 Å². The molecule has 0 saturated carbocycles. The number of benzene rings is 12. The van der Waals surface area contributed by atoms with E-state index in [2.05, 4.69) is 188 Å². The Balaban J connectivity index is 0.000000244. The molecule has 0 amide bonds. The van der Waals surface area contributed by atoms with Gasteiger partial charge in [0.25, 0.3) is 0 Å². The van der Waals surface area contributed by atoms with E-state index in [1.807, 2.05) is 72.8 Å². The molecule has 0 bridgehead atoms. The van der Waals surface area contributed by atoms with Crippen LogP contribution in [0.15, 0.2) is 273 Å². The second-order valence-corrected chi connectivity index (χ2v) is 52.6. The average molecular weight is 1400 g/mol. The van der Waals surface area contributed by atoms with Gasteiger partial charge in [-0.2, -0.15) is 0 Å². The summed E-state index contributed by atoms with van der Waals surface area (Å²) in [6, 6.07) is 94.1. The Kier molecular flexibility index (Phi) is 26.8. The van der Waals surface area contributed by atoms with E-state index in [0.717, 1.165) is 39.7 Å². The number of fused-ring (bicyclic) bond motifs is 7. The second-order valence-electron chi connectivity index (χ2n) is 18.5. The molecule has 0 atom stereocenters. The summed E-state index contributed by atoms with van der Waals surface area (Å²) in [4.78, 5) is 10.7. The molecule has 13 heteroatoms. The quantitative estimate of drug-likeness (QED) is 0.103. The number of alkyl halides is 2. The molecule has 0 aromatic heterocycles. The summed E-state index contributed by atoms with van der Waals surface area (Å²) in [7, 11) is 20.9. The molecular formula is C71H58BCl7NbO3Y. The Hall–Kier alpha value is -5.37. The minimum atomic E-state index is -4.33. The van der Waals surface area contributed by atoms with Crippen LogP contribution in [-0.2, 0) is 43.1 Å². The van der Waals surface area contributed by atoms with Crippen LogP contribution in [0.1, 0.15) is 47.8 Å². The number of phenolic OH excluding ortho intramolecular Hbond substituents is 1. The number of phenols is 1. The van der Waals surface area contributed by atoms with Gasteiger partial charge in [0.05, 0.1) is 5.34 Å². The predicted molar refractivity (Wildman–Crippen MR) is 360 cm³/mol. The van der Waals surface area contributed by atoms with Gasteiger partial charge in [0.1, 0.15) is 23.5 Å². The maximum absolute atomic E-state index is 10.7. The van der Waals surface area contributed by atoms with Crippen molar-refractivity contribution >= 4 is 116 Å². The molecule has 13 rings (SSSR count). The molecule has 84 heavy (non-hydrogen) atoms. The maximum Gasteiger partial charge on any atom is 0.132 e. The normalized spacial score (nSPS) is 11.3. The van der Waals surface area contributed by atoms with Crippen molar-refractivity contribution in [3.63, 3.8) is 0 Å². The van der Waals surface area contributed by atoms with Crippen molar-refractivity contribution in [1.29, 1.82) is 0 Å². The van der Waals surface area contributed by atoms with Gasteiger partial charge in [-0.05, 0) is 107 Å². The largest absolute Gasteiger partial charge is 0.457 e. The Morgan fingerprint density at radius 1 is 0.393 bits per heavy atom. The van der Waals surface area contributed by atoms with Crippen LogP contribution in [0.3, 0.4) is 0 Å². The first-order chi connectivity index (χ1) is 38.7. The number of rotatable bonds is 6. The van der Waals surface area contributed by atoms with E-state index in [-0.39, 0.29) is 67.2 Å². The third-order valence-electron chi connectivity index (χ3n) is 13.3. The molecular weight excluding hydrogens is 1340 g/mol. The fraction of sp³-hybridized carbons (Fsp3) is 0.0563. The minimum absolute atomic E-state index is 0. The molecule has 0 fully saturated rings. The number of aldehydes is 1. The Labute approximate surface area is 551 Å². The zero-order valence-corrected chi connectivity index (χ0v) is 54.2. The van der Waals surface area contributed by atoms with Crippen molar-refractivity contribution < 1.29 is 57.8 Å². The van der Waals surface area contributed by atoms with E-state index < -0.39 is 10.4 Å². The summed E-state index contributed by atoms with van der Waals surface area (Å²) in [5.41, 5.74) is 14.0. The van der Waals surface area contributed by atoms with E-state index in [9.17, 15) is 4.79 Å². The SMILES string of the molecule is C.C.ClCCl.O=Cc1ccc(-c2ccc(-c3ccccc3)cc2)cc1.Oc1ccc2ccccc2c1.[B].[Cl][Nb]([Cl])([Cl])([Cl])[Cl].[Y].c1ccc(-c2ccc(-c3ccc(C4c5c(ccc6ccccc56)Oc5ccc6ccccc6c54)cc3)cc2)cc1. The van der Waals surface area contributed by atoms with Gasteiger partial charge in [-0.15, -0.1) is 23.2 Å². The molecule has 1 aliphatic heterocycles. The first-order valence-electron chi connectivity index (χ1n) is 25.3. The van der Waals surface area contributed by atoms with Crippen LogP contribution in [0.5, 0.6) is 17.2 Å². The van der Waals surface area contributed by atoms with Gasteiger partial charge >= 0.3 is 56.4 Å². The van der Waals surface area contributed by atoms with Crippen molar-refractivity contribution in [1.82, 2.24) is 0 Å². The van der Waals surface area contributed by atoms with Gasteiger partial charge in [-0.25, -0.2) is 0 Å². The first-order valence-corrected chi connectivity index (χ1v) is 40.5. The van der Waals surface area contributed by atoms with Crippen LogP contribution >= 0.6 is 69.1 Å². The van der Waals surface area contributed by atoms with Crippen LogP contribution in [-0.4, -0.2) is 25.1 Å². The number of hydrogen-bond acceptors (Lipinski definition) is 3. The number of ether oxygens (including phenoxy) is 1. The molecule has 1 aliphatic rings. The van der Waals surface area contributed by atoms with Crippen molar-refractivity contribution in [3.8, 4) is 61.8 Å². The van der Waals surface area contributed by atoms with Crippen LogP contribution in [0.2, 0.25) is 0 Å². The molecule has 12 aromatic rings. The van der Waals surface area contributed by atoms with Crippen LogP contribution in [0, 0.1) is 0 Å². The van der Waals surface area contributed by atoms with Crippen molar-refractivity contribution in [2.45, 2.75) is 20.8 Å². The van der Waals surface area contributed by atoms with E-state index >= 15 is 0 Å². The van der Waals surface area contributed by atoms with Crippen molar-refractivity contribution in [2.24, 2.45) is 0 Å². The van der Waals surface area contributed by atoms with Gasteiger partial charge in [0.15, 0.2) is 0 Å². The van der Waals surface area contributed by atoms with Gasteiger partial charge in [-0.1, -0.05) is 264 Å². The fourth-order valence-electron chi connectivity index (χ4n) is 9.69. The molecule has 0 saturated heterocycles. The first kappa shape index (κ1) is 69.4. The molecule has 420 valence electrons. The fourth-order valence-corrected chi connectivity index (χ4v) is 9.69. The molecule has 0 aliphatic carbocycles. The Bertz CT molecular complexity index is 3920. The number of carbonyl (C=O) groups excluding carboxylic acids is 1. The molecule has 0 spiro atoms. The van der Waals surface area contributed by atoms with E-state index in [4.69, 9.17) is 79.0 Å². The summed E-state index contributed by atoms with van der Waals surface area (Å²) in [6.45, 7) is 0. The van der Waals surface area contributed by atoms with E-state index in [1.54, 1.807) is 12.1 Å². The molecule has 1 heterocycles. The Morgan fingerprint density at radius 2 is 0.690 bits per heavy atom. The molecule has 3 nitrogen and oxygen atoms in total. The van der Waals surface area contributed by atoms with Gasteiger partial charge in [0.2, 0.25) is 0 Å². The van der Waals surface area contributed by atoms with Crippen LogP contribution in [0.4, 0.5) is 0 Å². The maximum atomic E-state index is 10.7. The number of carbonyl (C=O) groups is 1. The number of halogens is 7.